The minimum atomic E-state index is -0.0495. The van der Waals surface area contributed by atoms with Gasteiger partial charge in [0.15, 0.2) is 0 Å². The SMILES string of the molecule is COc1nc(N2CCOCC2)cc2c1N(C(C)=O)[C@@H](C)[C@H](C)C2Nc1cccc(C)n1. The number of rotatable bonds is 4. The Morgan fingerprint density at radius 2 is 1.97 bits per heavy atom. The van der Waals surface area contributed by atoms with E-state index in [4.69, 9.17) is 14.5 Å². The number of nitrogens with zero attached hydrogens (tertiary/aromatic N) is 4. The number of morpholine rings is 1. The van der Waals surface area contributed by atoms with E-state index in [9.17, 15) is 4.79 Å². The lowest BCUT2D eigenvalue weighted by Crippen LogP contribution is -2.49. The molecule has 0 aliphatic carbocycles. The van der Waals surface area contributed by atoms with Crippen molar-refractivity contribution in [3.05, 3.63) is 35.5 Å². The number of amides is 1. The van der Waals surface area contributed by atoms with Crippen LogP contribution < -0.4 is 19.9 Å². The van der Waals surface area contributed by atoms with E-state index in [0.717, 1.165) is 41.7 Å². The third kappa shape index (κ3) is 4.04. The van der Waals surface area contributed by atoms with Crippen molar-refractivity contribution in [1.29, 1.82) is 0 Å². The molecule has 3 atom stereocenters. The Labute approximate surface area is 183 Å². The molecule has 1 N–H and O–H groups in total. The van der Waals surface area contributed by atoms with Crippen LogP contribution in [0.5, 0.6) is 5.88 Å². The topological polar surface area (TPSA) is 79.8 Å². The highest BCUT2D eigenvalue weighted by Gasteiger charge is 2.41. The normalized spacial score (nSPS) is 23.3. The second kappa shape index (κ2) is 8.70. The van der Waals surface area contributed by atoms with Crippen molar-refractivity contribution in [1.82, 2.24) is 9.97 Å². The first-order valence-corrected chi connectivity index (χ1v) is 10.8. The molecule has 1 amide bonds. The Bertz CT molecular complexity index is 960. The van der Waals surface area contributed by atoms with Gasteiger partial charge in [-0.15, -0.1) is 0 Å². The number of aryl methyl sites for hydroxylation is 1. The predicted molar refractivity (Wildman–Crippen MR) is 121 cm³/mol. The third-order valence-corrected chi connectivity index (χ3v) is 6.31. The summed E-state index contributed by atoms with van der Waals surface area (Å²) in [7, 11) is 1.61. The highest BCUT2D eigenvalue weighted by molar-refractivity contribution is 5.95. The first-order valence-electron chi connectivity index (χ1n) is 10.8. The zero-order valence-corrected chi connectivity index (χ0v) is 18.9. The maximum atomic E-state index is 12.7. The molecule has 166 valence electrons. The Morgan fingerprint density at radius 1 is 1.23 bits per heavy atom. The lowest BCUT2D eigenvalue weighted by molar-refractivity contribution is -0.117. The van der Waals surface area contributed by atoms with E-state index in [1.165, 1.54) is 0 Å². The highest BCUT2D eigenvalue weighted by Crippen LogP contribution is 2.47. The molecule has 31 heavy (non-hydrogen) atoms. The minimum Gasteiger partial charge on any atom is -0.479 e. The van der Waals surface area contributed by atoms with Crippen molar-refractivity contribution in [3.8, 4) is 5.88 Å². The molecule has 4 rings (SSSR count). The average Bonchev–Trinajstić information content (AvgIpc) is 2.77. The zero-order valence-electron chi connectivity index (χ0n) is 18.9. The second-order valence-corrected chi connectivity index (χ2v) is 8.30. The van der Waals surface area contributed by atoms with E-state index in [2.05, 4.69) is 35.1 Å². The van der Waals surface area contributed by atoms with Crippen molar-refractivity contribution in [2.24, 2.45) is 5.92 Å². The number of pyridine rings is 2. The number of anilines is 3. The number of nitrogens with one attached hydrogen (secondary N) is 1. The fraction of sp³-hybridized carbons (Fsp3) is 0.522. The number of hydrogen-bond acceptors (Lipinski definition) is 7. The van der Waals surface area contributed by atoms with Crippen molar-refractivity contribution in [2.45, 2.75) is 39.8 Å². The first kappa shape index (κ1) is 21.4. The third-order valence-electron chi connectivity index (χ3n) is 6.31. The number of carbonyl (C=O) groups excluding carboxylic acids is 1. The molecule has 2 aliphatic heterocycles. The number of hydrogen-bond donors (Lipinski definition) is 1. The molecule has 0 spiro atoms. The monoisotopic (exact) mass is 425 g/mol. The van der Waals surface area contributed by atoms with Crippen LogP contribution >= 0.6 is 0 Å². The molecule has 8 heteroatoms. The van der Waals surface area contributed by atoms with Crippen molar-refractivity contribution >= 4 is 23.2 Å². The zero-order chi connectivity index (χ0) is 22.1. The van der Waals surface area contributed by atoms with Crippen LogP contribution in [-0.2, 0) is 9.53 Å². The summed E-state index contributed by atoms with van der Waals surface area (Å²) in [6.45, 7) is 10.7. The van der Waals surface area contributed by atoms with E-state index in [1.807, 2.05) is 30.0 Å². The van der Waals surface area contributed by atoms with Crippen LogP contribution in [0.2, 0.25) is 0 Å². The number of methoxy groups -OCH3 is 1. The van der Waals surface area contributed by atoms with Crippen LogP contribution in [0.15, 0.2) is 24.3 Å². The summed E-state index contributed by atoms with van der Waals surface area (Å²) in [6.07, 6.45) is 0. The van der Waals surface area contributed by atoms with Crippen molar-refractivity contribution < 1.29 is 14.3 Å². The maximum Gasteiger partial charge on any atom is 0.240 e. The number of fused-ring (bicyclic) bond motifs is 1. The highest BCUT2D eigenvalue weighted by atomic mass is 16.5. The molecule has 1 fully saturated rings. The fourth-order valence-electron chi connectivity index (χ4n) is 4.53. The van der Waals surface area contributed by atoms with Crippen LogP contribution in [0, 0.1) is 12.8 Å². The smallest absolute Gasteiger partial charge is 0.240 e. The van der Waals surface area contributed by atoms with Gasteiger partial charge in [0, 0.05) is 43.2 Å². The van der Waals surface area contributed by atoms with Crippen molar-refractivity contribution in [2.75, 3.05) is 48.5 Å². The molecule has 0 aromatic carbocycles. The van der Waals surface area contributed by atoms with Crippen LogP contribution in [0.1, 0.15) is 38.1 Å². The molecule has 2 aromatic heterocycles. The number of ether oxygens (including phenoxy) is 2. The number of aromatic nitrogens is 2. The summed E-state index contributed by atoms with van der Waals surface area (Å²) in [5.74, 6) is 2.25. The van der Waals surface area contributed by atoms with Gasteiger partial charge in [-0.25, -0.2) is 4.98 Å². The summed E-state index contributed by atoms with van der Waals surface area (Å²) in [5, 5.41) is 3.62. The quantitative estimate of drug-likeness (QED) is 0.806. The van der Waals surface area contributed by atoms with Crippen LogP contribution in [0.3, 0.4) is 0 Å². The van der Waals surface area contributed by atoms with Gasteiger partial charge in [-0.05, 0) is 32.0 Å². The molecule has 1 saturated heterocycles. The summed E-state index contributed by atoms with van der Waals surface area (Å²) < 4.78 is 11.2. The van der Waals surface area contributed by atoms with Crippen LogP contribution in [0.4, 0.5) is 17.3 Å². The largest absolute Gasteiger partial charge is 0.479 e. The molecule has 0 bridgehead atoms. The van der Waals surface area contributed by atoms with Crippen LogP contribution in [-0.4, -0.2) is 55.3 Å². The molecule has 2 aromatic rings. The standard InChI is InChI=1S/C23H31N5O3/c1-14-7-6-8-19(24-14)25-21-15(2)16(3)28(17(4)29)22-18(21)13-20(26-23(22)30-5)27-9-11-31-12-10-27/h6-8,13,15-16,21H,9-12H2,1-5H3,(H,24,25)/t15-,16-,21?/m0/s1. The molecule has 1 unspecified atom stereocenters. The van der Waals surface area contributed by atoms with Gasteiger partial charge >= 0.3 is 0 Å². The summed E-state index contributed by atoms with van der Waals surface area (Å²) in [6, 6.07) is 7.96. The van der Waals surface area contributed by atoms with Gasteiger partial charge in [-0.2, -0.15) is 4.98 Å². The molecule has 4 heterocycles. The van der Waals surface area contributed by atoms with E-state index in [0.29, 0.717) is 19.1 Å². The Kier molecular flexibility index (Phi) is 6.00. The van der Waals surface area contributed by atoms with E-state index < -0.39 is 0 Å². The van der Waals surface area contributed by atoms with Gasteiger partial charge in [-0.1, -0.05) is 13.0 Å². The molecule has 0 radical (unpaired) electrons. The summed E-state index contributed by atoms with van der Waals surface area (Å²) >= 11 is 0. The molecular formula is C23H31N5O3. The average molecular weight is 426 g/mol. The lowest BCUT2D eigenvalue weighted by Gasteiger charge is -2.44. The minimum absolute atomic E-state index is 0.0213. The van der Waals surface area contributed by atoms with Gasteiger partial charge < -0.3 is 24.6 Å². The van der Waals surface area contributed by atoms with E-state index in [1.54, 1.807) is 14.0 Å². The Morgan fingerprint density at radius 3 is 2.61 bits per heavy atom. The molecule has 2 aliphatic rings. The Balaban J connectivity index is 1.85. The van der Waals surface area contributed by atoms with E-state index >= 15 is 0 Å². The van der Waals surface area contributed by atoms with Gasteiger partial charge in [0.1, 0.15) is 17.3 Å². The molecule has 0 saturated carbocycles. The van der Waals surface area contributed by atoms with E-state index in [-0.39, 0.29) is 23.9 Å². The molecule has 8 nitrogen and oxygen atoms in total. The Hall–Kier alpha value is -2.87. The lowest BCUT2D eigenvalue weighted by atomic mass is 9.83. The number of carbonyl (C=O) groups is 1. The van der Waals surface area contributed by atoms with Gasteiger partial charge in [0.2, 0.25) is 11.8 Å². The predicted octanol–water partition coefficient (Wildman–Crippen LogP) is 3.17. The summed E-state index contributed by atoms with van der Waals surface area (Å²) in [4.78, 5) is 26.1. The second-order valence-electron chi connectivity index (χ2n) is 8.30. The maximum absolute atomic E-state index is 12.7. The van der Waals surface area contributed by atoms with Gasteiger partial charge in [-0.3, -0.25) is 4.79 Å². The fourth-order valence-corrected chi connectivity index (χ4v) is 4.53. The van der Waals surface area contributed by atoms with Gasteiger partial charge in [0.05, 0.1) is 26.4 Å². The molecular weight excluding hydrogens is 394 g/mol. The van der Waals surface area contributed by atoms with Crippen molar-refractivity contribution in [3.63, 3.8) is 0 Å². The van der Waals surface area contributed by atoms with Crippen LogP contribution in [0.25, 0.3) is 0 Å². The first-order chi connectivity index (χ1) is 14.9. The van der Waals surface area contributed by atoms with Gasteiger partial charge in [0.25, 0.3) is 0 Å². The summed E-state index contributed by atoms with van der Waals surface area (Å²) in [5.41, 5.74) is 2.69.